The molecule has 0 radical (unpaired) electrons. The molecular formula is C21H23ClF2N4O6. The van der Waals surface area contributed by atoms with Gasteiger partial charge in [0.05, 0.1) is 17.3 Å². The number of alkyl halides is 2. The van der Waals surface area contributed by atoms with E-state index < -0.39 is 54.0 Å². The van der Waals surface area contributed by atoms with Crippen LogP contribution in [0.5, 0.6) is 0 Å². The van der Waals surface area contributed by atoms with Gasteiger partial charge in [0.25, 0.3) is 17.7 Å². The summed E-state index contributed by atoms with van der Waals surface area (Å²) in [5, 5.41) is 16.8. The van der Waals surface area contributed by atoms with Crippen molar-refractivity contribution in [3.8, 4) is 0 Å². The third-order valence-electron chi connectivity index (χ3n) is 5.76. The molecule has 0 bridgehead atoms. The number of nitrogens with zero attached hydrogens (tertiary/aromatic N) is 1. The number of likely N-dealkylation sites (N-methyl/N-ethyl adjacent to an activating group) is 1. The molecule has 2 aliphatic rings. The Labute approximate surface area is 198 Å². The first kappa shape index (κ1) is 25.3. The van der Waals surface area contributed by atoms with Gasteiger partial charge in [0.1, 0.15) is 6.04 Å². The largest absolute Gasteiger partial charge is 0.465 e. The van der Waals surface area contributed by atoms with Crippen LogP contribution in [0.4, 0.5) is 19.3 Å². The summed E-state index contributed by atoms with van der Waals surface area (Å²) in [7, 11) is 1.22. The summed E-state index contributed by atoms with van der Waals surface area (Å²) in [4.78, 5) is 62.0. The molecule has 1 heterocycles. The van der Waals surface area contributed by atoms with Crippen molar-refractivity contribution < 1.29 is 37.9 Å². The number of carboxylic acid groups (broad SMARTS) is 1. The molecule has 10 nitrogen and oxygen atoms in total. The van der Waals surface area contributed by atoms with E-state index in [-0.39, 0.29) is 34.6 Å². The van der Waals surface area contributed by atoms with Crippen molar-refractivity contribution in [2.75, 3.05) is 11.9 Å². The Morgan fingerprint density at radius 2 is 1.97 bits per heavy atom. The molecule has 1 saturated carbocycles. The number of halogens is 3. The van der Waals surface area contributed by atoms with E-state index in [1.165, 1.54) is 13.1 Å². The Morgan fingerprint density at radius 1 is 1.32 bits per heavy atom. The lowest BCUT2D eigenvalue weighted by Crippen LogP contribution is -2.48. The van der Waals surface area contributed by atoms with Gasteiger partial charge in [-0.05, 0) is 38.0 Å². The number of nitrogens with one attached hydrogen (secondary N) is 3. The van der Waals surface area contributed by atoms with Crippen LogP contribution in [0, 0.1) is 5.92 Å². The molecule has 1 saturated heterocycles. The Hall–Kier alpha value is -3.28. The smallest absolute Gasteiger partial charge is 0.412 e. The predicted octanol–water partition coefficient (Wildman–Crippen LogP) is 1.56. The Bertz CT molecular complexity index is 1050. The van der Waals surface area contributed by atoms with Crippen molar-refractivity contribution in [2.24, 2.45) is 5.92 Å². The first-order valence-corrected chi connectivity index (χ1v) is 10.8. The minimum atomic E-state index is -3.25. The molecule has 4 atom stereocenters. The number of benzene rings is 1. The van der Waals surface area contributed by atoms with Gasteiger partial charge in [-0.25, -0.2) is 13.6 Å². The Balaban J connectivity index is 1.92. The van der Waals surface area contributed by atoms with Crippen LogP contribution in [0.25, 0.3) is 0 Å². The minimum Gasteiger partial charge on any atom is -0.465 e. The number of anilines is 1. The number of amides is 4. The van der Waals surface area contributed by atoms with Crippen molar-refractivity contribution in [2.45, 2.75) is 50.2 Å². The molecule has 184 valence electrons. The first-order valence-electron chi connectivity index (χ1n) is 10.4. The number of carbonyl (C=O) groups is 5. The van der Waals surface area contributed by atoms with Crippen LogP contribution < -0.4 is 20.9 Å². The quantitative estimate of drug-likeness (QED) is 0.399. The highest BCUT2D eigenvalue weighted by atomic mass is 35.5. The summed E-state index contributed by atoms with van der Waals surface area (Å²) in [5.41, 5.74) is -0.730. The molecular weight excluding hydrogens is 478 g/mol. The Kier molecular flexibility index (Phi) is 7.10. The molecule has 2 fully saturated rings. The van der Waals surface area contributed by atoms with Crippen molar-refractivity contribution in [1.29, 1.82) is 0 Å². The summed E-state index contributed by atoms with van der Waals surface area (Å²) in [6, 6.07) is 0.177. The molecule has 34 heavy (non-hydrogen) atoms. The second kappa shape index (κ2) is 9.53. The summed E-state index contributed by atoms with van der Waals surface area (Å²) >= 11 is 5.96. The third kappa shape index (κ3) is 5.27. The molecule has 1 unspecified atom stereocenters. The zero-order valence-electron chi connectivity index (χ0n) is 18.2. The summed E-state index contributed by atoms with van der Waals surface area (Å²) in [5.74, 6) is -7.29. The van der Waals surface area contributed by atoms with Gasteiger partial charge >= 0.3 is 6.09 Å². The molecule has 3 rings (SSSR count). The average Bonchev–Trinajstić information content (AvgIpc) is 3.25. The standard InChI is InChI=1S/C21H23ClF2N4O6/c1-9-5-10(17(30)26-9)6-13(16(29)19(32)25-2)27-18(31)12-7-11(22)3-4-14(12)28(20(33)34)15-8-21(15,23)24/h3-4,7,9-10,13,15H,5-6,8H2,1-2H3,(H,25,32)(H,26,30)(H,27,31)(H,33,34)/t9-,10+,13+,15?/m1/s1. The van der Waals surface area contributed by atoms with Crippen molar-refractivity contribution in [3.05, 3.63) is 28.8 Å². The van der Waals surface area contributed by atoms with E-state index >= 15 is 0 Å². The lowest BCUT2D eigenvalue weighted by Gasteiger charge is -2.24. The number of hydrogen-bond acceptors (Lipinski definition) is 5. The molecule has 1 aromatic rings. The zero-order valence-corrected chi connectivity index (χ0v) is 19.0. The molecule has 1 aliphatic carbocycles. The van der Waals surface area contributed by atoms with Crippen molar-refractivity contribution >= 4 is 46.9 Å². The van der Waals surface area contributed by atoms with E-state index in [2.05, 4.69) is 16.0 Å². The van der Waals surface area contributed by atoms with E-state index in [1.807, 2.05) is 0 Å². The number of rotatable bonds is 8. The van der Waals surface area contributed by atoms with Crippen LogP contribution in [0.15, 0.2) is 18.2 Å². The van der Waals surface area contributed by atoms with Gasteiger partial charge < -0.3 is 21.1 Å². The fraction of sp³-hybridized carbons (Fsp3) is 0.476. The van der Waals surface area contributed by atoms with E-state index in [0.717, 1.165) is 12.1 Å². The van der Waals surface area contributed by atoms with Crippen LogP contribution in [-0.4, -0.2) is 65.8 Å². The summed E-state index contributed by atoms with van der Waals surface area (Å²) in [6.45, 7) is 1.76. The monoisotopic (exact) mass is 500 g/mol. The topological polar surface area (TPSA) is 145 Å². The molecule has 1 aliphatic heterocycles. The Morgan fingerprint density at radius 3 is 2.47 bits per heavy atom. The predicted molar refractivity (Wildman–Crippen MR) is 116 cm³/mol. The zero-order chi connectivity index (χ0) is 25.4. The maximum Gasteiger partial charge on any atom is 0.412 e. The molecule has 4 amide bonds. The molecule has 1 aromatic carbocycles. The van der Waals surface area contributed by atoms with Crippen LogP contribution in [-0.2, 0) is 14.4 Å². The highest BCUT2D eigenvalue weighted by molar-refractivity contribution is 6.38. The van der Waals surface area contributed by atoms with E-state index in [0.29, 0.717) is 11.3 Å². The number of hydrogen-bond donors (Lipinski definition) is 4. The summed E-state index contributed by atoms with van der Waals surface area (Å²) < 4.78 is 27.4. The minimum absolute atomic E-state index is 0.0139. The highest BCUT2D eigenvalue weighted by Crippen LogP contribution is 2.48. The lowest BCUT2D eigenvalue weighted by atomic mass is 9.93. The number of ketones is 1. The van der Waals surface area contributed by atoms with Crippen LogP contribution >= 0.6 is 11.6 Å². The van der Waals surface area contributed by atoms with E-state index in [1.54, 1.807) is 6.92 Å². The molecule has 0 aromatic heterocycles. The fourth-order valence-electron chi connectivity index (χ4n) is 3.97. The van der Waals surface area contributed by atoms with Gasteiger partial charge in [-0.1, -0.05) is 11.6 Å². The maximum atomic E-state index is 13.7. The third-order valence-corrected chi connectivity index (χ3v) is 6.00. The van der Waals surface area contributed by atoms with E-state index in [9.17, 15) is 37.9 Å². The molecule has 4 N–H and O–H groups in total. The fourth-order valence-corrected chi connectivity index (χ4v) is 4.15. The van der Waals surface area contributed by atoms with Crippen LogP contribution in [0.2, 0.25) is 5.02 Å². The second-order valence-corrected chi connectivity index (χ2v) is 8.78. The van der Waals surface area contributed by atoms with Gasteiger partial charge in [-0.2, -0.15) is 0 Å². The molecule has 13 heteroatoms. The number of carbonyl (C=O) groups excluding carboxylic acids is 4. The number of Topliss-reactive ketones (excluding diaryl/α,β-unsaturated/α-hetero) is 1. The van der Waals surface area contributed by atoms with Crippen LogP contribution in [0.1, 0.15) is 36.5 Å². The first-order chi connectivity index (χ1) is 15.9. The van der Waals surface area contributed by atoms with Gasteiger partial charge in [-0.15, -0.1) is 0 Å². The maximum absolute atomic E-state index is 13.7. The van der Waals surface area contributed by atoms with E-state index in [4.69, 9.17) is 11.6 Å². The summed E-state index contributed by atoms with van der Waals surface area (Å²) in [6.07, 6.45) is -2.23. The van der Waals surface area contributed by atoms with Crippen molar-refractivity contribution in [3.63, 3.8) is 0 Å². The highest BCUT2D eigenvalue weighted by Gasteiger charge is 2.62. The second-order valence-electron chi connectivity index (χ2n) is 8.34. The molecule has 0 spiro atoms. The van der Waals surface area contributed by atoms with Crippen molar-refractivity contribution in [1.82, 2.24) is 16.0 Å². The normalized spacial score (nSPS) is 23.4. The van der Waals surface area contributed by atoms with Gasteiger partial charge in [0, 0.05) is 30.5 Å². The lowest BCUT2D eigenvalue weighted by molar-refractivity contribution is -0.139. The average molecular weight is 501 g/mol. The van der Waals surface area contributed by atoms with Gasteiger partial charge in [-0.3, -0.25) is 24.1 Å². The SMILES string of the molecule is CNC(=O)C(=O)[C@H](C[C@@H]1C[C@@H](C)NC1=O)NC(=O)c1cc(Cl)ccc1N(C(=O)O)C1CC1(F)F. The van der Waals surface area contributed by atoms with Crippen LogP contribution in [0.3, 0.4) is 0 Å². The van der Waals surface area contributed by atoms with Gasteiger partial charge in [0.15, 0.2) is 0 Å². The van der Waals surface area contributed by atoms with Gasteiger partial charge in [0.2, 0.25) is 11.7 Å².